The molecule has 1 rings (SSSR count). The van der Waals surface area contributed by atoms with Gasteiger partial charge < -0.3 is 4.79 Å². The topological polar surface area (TPSA) is 17.1 Å². The van der Waals surface area contributed by atoms with Crippen molar-refractivity contribution < 1.29 is 4.79 Å². The predicted octanol–water partition coefficient (Wildman–Crippen LogP) is 3.76. The summed E-state index contributed by atoms with van der Waals surface area (Å²) in [6, 6.07) is 5.44. The standard InChI is InChI=1S/C11H12Cl2O/c1-11(2,7-14)6-8-3-4-9(12)10(13)5-8/h3-5,7H,6H2,1-2H3. The molecule has 1 aromatic carbocycles. The highest BCUT2D eigenvalue weighted by molar-refractivity contribution is 6.42. The summed E-state index contributed by atoms with van der Waals surface area (Å²) in [6.45, 7) is 3.78. The molecule has 0 heterocycles. The zero-order valence-corrected chi connectivity index (χ0v) is 9.69. The number of halogens is 2. The summed E-state index contributed by atoms with van der Waals surface area (Å²) in [4.78, 5) is 10.7. The second kappa shape index (κ2) is 4.33. The van der Waals surface area contributed by atoms with Crippen LogP contribution in [0.25, 0.3) is 0 Å². The fraction of sp³-hybridized carbons (Fsp3) is 0.364. The molecule has 0 saturated carbocycles. The van der Waals surface area contributed by atoms with Crippen LogP contribution in [0.3, 0.4) is 0 Å². The number of hydrogen-bond acceptors (Lipinski definition) is 1. The fourth-order valence-electron chi connectivity index (χ4n) is 1.22. The summed E-state index contributed by atoms with van der Waals surface area (Å²) in [7, 11) is 0. The molecule has 0 bridgehead atoms. The number of carbonyl (C=O) groups excluding carboxylic acids is 1. The Morgan fingerprint density at radius 3 is 2.43 bits per heavy atom. The molecular weight excluding hydrogens is 219 g/mol. The van der Waals surface area contributed by atoms with Gasteiger partial charge in [0.15, 0.2) is 0 Å². The molecule has 0 atom stereocenters. The van der Waals surface area contributed by atoms with Gasteiger partial charge >= 0.3 is 0 Å². The highest BCUT2D eigenvalue weighted by atomic mass is 35.5. The van der Waals surface area contributed by atoms with Crippen molar-refractivity contribution in [1.82, 2.24) is 0 Å². The van der Waals surface area contributed by atoms with Gasteiger partial charge in [-0.2, -0.15) is 0 Å². The van der Waals surface area contributed by atoms with Gasteiger partial charge in [0.05, 0.1) is 10.0 Å². The average Bonchev–Trinajstić information content (AvgIpc) is 2.11. The molecule has 3 heteroatoms. The minimum atomic E-state index is -0.350. The third-order valence-corrected chi connectivity index (χ3v) is 2.70. The van der Waals surface area contributed by atoms with Gasteiger partial charge in [-0.15, -0.1) is 0 Å². The van der Waals surface area contributed by atoms with E-state index >= 15 is 0 Å². The van der Waals surface area contributed by atoms with E-state index in [1.54, 1.807) is 12.1 Å². The monoisotopic (exact) mass is 230 g/mol. The molecule has 0 fully saturated rings. The minimum Gasteiger partial charge on any atom is -0.303 e. The smallest absolute Gasteiger partial charge is 0.125 e. The van der Waals surface area contributed by atoms with Crippen LogP contribution >= 0.6 is 23.2 Å². The van der Waals surface area contributed by atoms with Crippen LogP contribution in [-0.2, 0) is 11.2 Å². The van der Waals surface area contributed by atoms with Crippen LogP contribution in [0.4, 0.5) is 0 Å². The lowest BCUT2D eigenvalue weighted by atomic mass is 9.87. The predicted molar refractivity (Wildman–Crippen MR) is 60.0 cm³/mol. The van der Waals surface area contributed by atoms with Crippen molar-refractivity contribution in [2.24, 2.45) is 5.41 Å². The van der Waals surface area contributed by atoms with Crippen LogP contribution < -0.4 is 0 Å². The van der Waals surface area contributed by atoms with Crippen LogP contribution in [0.2, 0.25) is 10.0 Å². The third-order valence-electron chi connectivity index (χ3n) is 1.96. The second-order valence-electron chi connectivity index (χ2n) is 4.03. The van der Waals surface area contributed by atoms with E-state index in [-0.39, 0.29) is 5.41 Å². The minimum absolute atomic E-state index is 0.350. The first-order chi connectivity index (χ1) is 6.44. The molecule has 0 amide bonds. The van der Waals surface area contributed by atoms with Gasteiger partial charge in [0, 0.05) is 5.41 Å². The van der Waals surface area contributed by atoms with Gasteiger partial charge in [-0.3, -0.25) is 0 Å². The lowest BCUT2D eigenvalue weighted by Crippen LogP contribution is -2.16. The molecule has 0 aliphatic heterocycles. The summed E-state index contributed by atoms with van der Waals surface area (Å²) in [6.07, 6.45) is 1.63. The lowest BCUT2D eigenvalue weighted by molar-refractivity contribution is -0.114. The molecule has 0 aromatic heterocycles. The number of aldehydes is 1. The van der Waals surface area contributed by atoms with Gasteiger partial charge in [-0.05, 0) is 24.1 Å². The Bertz CT molecular complexity index is 345. The van der Waals surface area contributed by atoms with Gasteiger partial charge in [0.25, 0.3) is 0 Å². The summed E-state index contributed by atoms with van der Waals surface area (Å²) in [5, 5.41) is 1.07. The molecule has 1 nitrogen and oxygen atoms in total. The highest BCUT2D eigenvalue weighted by Gasteiger charge is 2.17. The molecular formula is C11H12Cl2O. The molecule has 0 spiro atoms. The van der Waals surface area contributed by atoms with Crippen molar-refractivity contribution >= 4 is 29.5 Å². The Morgan fingerprint density at radius 1 is 1.29 bits per heavy atom. The normalized spacial score (nSPS) is 11.4. The molecule has 0 aliphatic rings. The van der Waals surface area contributed by atoms with E-state index in [1.807, 2.05) is 19.9 Å². The Balaban J connectivity index is 2.88. The maximum absolute atomic E-state index is 10.7. The van der Waals surface area contributed by atoms with Crippen LogP contribution in [0.5, 0.6) is 0 Å². The Morgan fingerprint density at radius 2 is 1.93 bits per heavy atom. The Kier molecular flexibility index (Phi) is 3.57. The first-order valence-electron chi connectivity index (χ1n) is 4.35. The molecule has 0 aliphatic carbocycles. The van der Waals surface area contributed by atoms with E-state index in [0.29, 0.717) is 16.5 Å². The van der Waals surface area contributed by atoms with E-state index in [9.17, 15) is 4.79 Å². The summed E-state index contributed by atoms with van der Waals surface area (Å²) < 4.78 is 0. The molecule has 0 unspecified atom stereocenters. The van der Waals surface area contributed by atoms with E-state index in [1.165, 1.54) is 0 Å². The SMILES string of the molecule is CC(C)(C=O)Cc1ccc(Cl)c(Cl)c1. The Hall–Kier alpha value is -0.530. The average molecular weight is 231 g/mol. The van der Waals surface area contributed by atoms with Gasteiger partial charge in [-0.1, -0.05) is 43.1 Å². The number of carbonyl (C=O) groups is 1. The van der Waals surface area contributed by atoms with Crippen LogP contribution in [-0.4, -0.2) is 6.29 Å². The van der Waals surface area contributed by atoms with Crippen molar-refractivity contribution in [3.63, 3.8) is 0 Å². The van der Waals surface area contributed by atoms with E-state index in [2.05, 4.69) is 0 Å². The molecule has 0 saturated heterocycles. The van der Waals surface area contributed by atoms with Crippen LogP contribution in [0.15, 0.2) is 18.2 Å². The van der Waals surface area contributed by atoms with Crippen molar-refractivity contribution in [2.45, 2.75) is 20.3 Å². The number of benzene rings is 1. The maximum Gasteiger partial charge on any atom is 0.125 e. The molecule has 14 heavy (non-hydrogen) atoms. The highest BCUT2D eigenvalue weighted by Crippen LogP contribution is 2.26. The largest absolute Gasteiger partial charge is 0.303 e. The summed E-state index contributed by atoms with van der Waals surface area (Å²) >= 11 is 11.6. The fourth-order valence-corrected chi connectivity index (χ4v) is 1.54. The zero-order chi connectivity index (χ0) is 10.8. The van der Waals surface area contributed by atoms with Crippen molar-refractivity contribution in [2.75, 3.05) is 0 Å². The molecule has 0 radical (unpaired) electrons. The number of rotatable bonds is 3. The van der Waals surface area contributed by atoms with Crippen molar-refractivity contribution in [3.05, 3.63) is 33.8 Å². The second-order valence-corrected chi connectivity index (χ2v) is 4.85. The Labute approximate surface area is 94.0 Å². The summed E-state index contributed by atoms with van der Waals surface area (Å²) in [5.74, 6) is 0. The van der Waals surface area contributed by atoms with E-state index in [4.69, 9.17) is 23.2 Å². The third kappa shape index (κ3) is 3.00. The van der Waals surface area contributed by atoms with E-state index in [0.717, 1.165) is 11.8 Å². The van der Waals surface area contributed by atoms with E-state index < -0.39 is 0 Å². The van der Waals surface area contributed by atoms with Crippen molar-refractivity contribution in [3.8, 4) is 0 Å². The van der Waals surface area contributed by atoms with Gasteiger partial charge in [0.2, 0.25) is 0 Å². The first-order valence-corrected chi connectivity index (χ1v) is 5.10. The first kappa shape index (κ1) is 11.5. The lowest BCUT2D eigenvalue weighted by Gasteiger charge is -2.16. The molecule has 0 N–H and O–H groups in total. The zero-order valence-electron chi connectivity index (χ0n) is 8.18. The van der Waals surface area contributed by atoms with Gasteiger partial charge in [0.1, 0.15) is 6.29 Å². The van der Waals surface area contributed by atoms with Crippen molar-refractivity contribution in [1.29, 1.82) is 0 Å². The summed E-state index contributed by atoms with van der Waals surface area (Å²) in [5.41, 5.74) is 0.674. The molecule has 76 valence electrons. The number of hydrogen-bond donors (Lipinski definition) is 0. The quantitative estimate of drug-likeness (QED) is 0.724. The maximum atomic E-state index is 10.7. The van der Waals surface area contributed by atoms with Crippen LogP contribution in [0.1, 0.15) is 19.4 Å². The van der Waals surface area contributed by atoms with Gasteiger partial charge in [-0.25, -0.2) is 0 Å². The molecule has 1 aromatic rings. The van der Waals surface area contributed by atoms with Crippen LogP contribution in [0, 0.1) is 5.41 Å².